The molecule has 1 aliphatic heterocycles. The van der Waals surface area contributed by atoms with Gasteiger partial charge in [-0.3, -0.25) is 4.68 Å². The van der Waals surface area contributed by atoms with Crippen LogP contribution in [0.5, 0.6) is 0 Å². The normalized spacial score (nSPS) is 14.7. The summed E-state index contributed by atoms with van der Waals surface area (Å²) in [6, 6.07) is 8.35. The second-order valence-corrected chi connectivity index (χ2v) is 5.97. The quantitative estimate of drug-likeness (QED) is 0.825. The lowest BCUT2D eigenvalue weighted by Gasteiger charge is -2.13. The first kappa shape index (κ1) is 13.4. The van der Waals surface area contributed by atoms with Crippen molar-refractivity contribution in [1.29, 1.82) is 0 Å². The predicted molar refractivity (Wildman–Crippen MR) is 85.4 cm³/mol. The molecule has 1 fully saturated rings. The van der Waals surface area contributed by atoms with Gasteiger partial charge in [0.05, 0.1) is 12.7 Å². The molecule has 0 atom stereocenters. The molecule has 0 radical (unpaired) electrons. The number of carbonyl (C=O) groups is 1. The molecule has 5 nitrogen and oxygen atoms in total. The summed E-state index contributed by atoms with van der Waals surface area (Å²) in [7, 11) is 0. The van der Waals surface area contributed by atoms with Crippen LogP contribution in [0.15, 0.2) is 36.7 Å². The Hall–Kier alpha value is -1.57. The van der Waals surface area contributed by atoms with Crippen LogP contribution in [0, 0.1) is 3.57 Å². The van der Waals surface area contributed by atoms with Gasteiger partial charge in [0.25, 0.3) is 0 Å². The number of amides is 2. The smallest absolute Gasteiger partial charge is 0.317 e. The van der Waals surface area contributed by atoms with Crippen LogP contribution >= 0.6 is 22.6 Å². The minimum Gasteiger partial charge on any atom is -0.336 e. The Morgan fingerprint density at radius 2 is 2.20 bits per heavy atom. The van der Waals surface area contributed by atoms with Crippen LogP contribution in [0.25, 0.3) is 11.1 Å². The standard InChI is InChI=1S/C14H15IN4O/c15-13-3-1-2-11(8-13)12-9-17-19(10-12)7-6-18-5-4-16-14(18)20/h1-3,8-10H,4-7H2,(H,16,20). The molecule has 0 bridgehead atoms. The molecule has 1 aromatic heterocycles. The van der Waals surface area contributed by atoms with Gasteiger partial charge in [-0.25, -0.2) is 4.79 Å². The summed E-state index contributed by atoms with van der Waals surface area (Å²) in [6.07, 6.45) is 3.90. The highest BCUT2D eigenvalue weighted by atomic mass is 127. The lowest BCUT2D eigenvalue weighted by Crippen LogP contribution is -2.31. The lowest BCUT2D eigenvalue weighted by atomic mass is 10.1. The van der Waals surface area contributed by atoms with Gasteiger partial charge in [-0.1, -0.05) is 12.1 Å². The summed E-state index contributed by atoms with van der Waals surface area (Å²) in [5.74, 6) is 0. The Balaban J connectivity index is 1.66. The molecule has 104 valence electrons. The Morgan fingerprint density at radius 1 is 1.30 bits per heavy atom. The third-order valence-corrected chi connectivity index (χ3v) is 4.01. The molecular formula is C14H15IN4O. The van der Waals surface area contributed by atoms with E-state index in [9.17, 15) is 4.79 Å². The maximum absolute atomic E-state index is 11.4. The van der Waals surface area contributed by atoms with E-state index in [1.165, 1.54) is 9.13 Å². The molecule has 0 saturated carbocycles. The van der Waals surface area contributed by atoms with Crippen LogP contribution in [0.4, 0.5) is 4.79 Å². The van der Waals surface area contributed by atoms with Gasteiger partial charge in [0.15, 0.2) is 0 Å². The van der Waals surface area contributed by atoms with Crippen molar-refractivity contribution in [3.63, 3.8) is 0 Å². The van der Waals surface area contributed by atoms with Crippen molar-refractivity contribution in [3.05, 3.63) is 40.2 Å². The molecule has 1 saturated heterocycles. The second-order valence-electron chi connectivity index (χ2n) is 4.72. The van der Waals surface area contributed by atoms with Crippen LogP contribution in [-0.4, -0.2) is 40.3 Å². The highest BCUT2D eigenvalue weighted by Crippen LogP contribution is 2.20. The molecule has 1 aliphatic rings. The van der Waals surface area contributed by atoms with Gasteiger partial charge in [0.2, 0.25) is 0 Å². The van der Waals surface area contributed by atoms with Gasteiger partial charge < -0.3 is 10.2 Å². The number of urea groups is 1. The van der Waals surface area contributed by atoms with Gasteiger partial charge in [-0.2, -0.15) is 5.10 Å². The maximum Gasteiger partial charge on any atom is 0.317 e. The number of hydrogen-bond donors (Lipinski definition) is 1. The molecule has 20 heavy (non-hydrogen) atoms. The third kappa shape index (κ3) is 2.95. The highest BCUT2D eigenvalue weighted by Gasteiger charge is 2.18. The second kappa shape index (κ2) is 5.82. The summed E-state index contributed by atoms with van der Waals surface area (Å²) in [5.41, 5.74) is 2.27. The first-order valence-corrected chi connectivity index (χ1v) is 7.61. The van der Waals surface area contributed by atoms with Crippen molar-refractivity contribution in [2.24, 2.45) is 0 Å². The molecular weight excluding hydrogens is 367 g/mol. The van der Waals surface area contributed by atoms with E-state index in [0.717, 1.165) is 25.2 Å². The Kier molecular flexibility index (Phi) is 3.90. The average molecular weight is 382 g/mol. The third-order valence-electron chi connectivity index (χ3n) is 3.34. The molecule has 2 heterocycles. The zero-order valence-electron chi connectivity index (χ0n) is 10.9. The van der Waals surface area contributed by atoms with Crippen molar-refractivity contribution in [1.82, 2.24) is 20.0 Å². The number of nitrogens with one attached hydrogen (secondary N) is 1. The molecule has 0 unspecified atom stereocenters. The minimum atomic E-state index is 0.0231. The molecule has 0 aliphatic carbocycles. The van der Waals surface area contributed by atoms with Crippen LogP contribution in [0.2, 0.25) is 0 Å². The monoisotopic (exact) mass is 382 g/mol. The van der Waals surface area contributed by atoms with E-state index >= 15 is 0 Å². The van der Waals surface area contributed by atoms with Crippen LogP contribution < -0.4 is 5.32 Å². The van der Waals surface area contributed by atoms with Gasteiger partial charge in [0, 0.05) is 35.0 Å². The summed E-state index contributed by atoms with van der Waals surface area (Å²) in [5, 5.41) is 7.16. The fourth-order valence-corrected chi connectivity index (χ4v) is 2.79. The molecule has 0 spiro atoms. The molecule has 3 rings (SSSR count). The number of aromatic nitrogens is 2. The zero-order chi connectivity index (χ0) is 13.9. The highest BCUT2D eigenvalue weighted by molar-refractivity contribution is 14.1. The summed E-state index contributed by atoms with van der Waals surface area (Å²) in [6.45, 7) is 2.94. The van der Waals surface area contributed by atoms with Crippen LogP contribution in [-0.2, 0) is 6.54 Å². The van der Waals surface area contributed by atoms with E-state index in [1.807, 2.05) is 28.0 Å². The number of nitrogens with zero attached hydrogens (tertiary/aromatic N) is 3. The van der Waals surface area contributed by atoms with E-state index in [1.54, 1.807) is 0 Å². The fourth-order valence-electron chi connectivity index (χ4n) is 2.25. The van der Waals surface area contributed by atoms with Crippen LogP contribution in [0.1, 0.15) is 0 Å². The van der Waals surface area contributed by atoms with Gasteiger partial charge in [-0.05, 0) is 40.3 Å². The Morgan fingerprint density at radius 3 is 2.95 bits per heavy atom. The first-order chi connectivity index (χ1) is 9.72. The van der Waals surface area contributed by atoms with Crippen molar-refractivity contribution in [2.45, 2.75) is 6.54 Å². The predicted octanol–water partition coefficient (Wildman–Crippen LogP) is 2.18. The van der Waals surface area contributed by atoms with Gasteiger partial charge in [0.1, 0.15) is 0 Å². The largest absolute Gasteiger partial charge is 0.336 e. The molecule has 2 aromatic rings. The zero-order valence-corrected chi connectivity index (χ0v) is 13.1. The van der Waals surface area contributed by atoms with E-state index in [4.69, 9.17) is 0 Å². The number of carbonyl (C=O) groups excluding carboxylic acids is 1. The van der Waals surface area contributed by atoms with E-state index in [0.29, 0.717) is 6.54 Å². The first-order valence-electron chi connectivity index (χ1n) is 6.53. The SMILES string of the molecule is O=C1NCCN1CCn1cc(-c2cccc(I)c2)cn1. The van der Waals surface area contributed by atoms with Crippen molar-refractivity contribution >= 4 is 28.6 Å². The van der Waals surface area contributed by atoms with Gasteiger partial charge in [-0.15, -0.1) is 0 Å². The Bertz CT molecular complexity index is 625. The maximum atomic E-state index is 11.4. The lowest BCUT2D eigenvalue weighted by molar-refractivity contribution is 0.215. The summed E-state index contributed by atoms with van der Waals surface area (Å²) >= 11 is 2.31. The summed E-state index contributed by atoms with van der Waals surface area (Å²) < 4.78 is 3.10. The number of benzene rings is 1. The average Bonchev–Trinajstić information content (AvgIpc) is 3.05. The van der Waals surface area contributed by atoms with Crippen molar-refractivity contribution < 1.29 is 4.79 Å². The molecule has 1 aromatic carbocycles. The number of rotatable bonds is 4. The molecule has 2 amide bonds. The van der Waals surface area contributed by atoms with E-state index in [-0.39, 0.29) is 6.03 Å². The van der Waals surface area contributed by atoms with Crippen LogP contribution in [0.3, 0.4) is 0 Å². The van der Waals surface area contributed by atoms with E-state index < -0.39 is 0 Å². The fraction of sp³-hybridized carbons (Fsp3) is 0.286. The van der Waals surface area contributed by atoms with Gasteiger partial charge >= 0.3 is 6.03 Å². The van der Waals surface area contributed by atoms with Crippen molar-refractivity contribution in [3.8, 4) is 11.1 Å². The molecule has 6 heteroatoms. The van der Waals surface area contributed by atoms with E-state index in [2.05, 4.69) is 51.2 Å². The number of hydrogen-bond acceptors (Lipinski definition) is 2. The Labute approximate surface area is 131 Å². The summed E-state index contributed by atoms with van der Waals surface area (Å²) in [4.78, 5) is 13.3. The number of halogens is 1. The van der Waals surface area contributed by atoms with Crippen molar-refractivity contribution in [2.75, 3.05) is 19.6 Å². The minimum absolute atomic E-state index is 0.0231. The molecule has 1 N–H and O–H groups in total. The topological polar surface area (TPSA) is 50.2 Å².